The third-order valence-electron chi connectivity index (χ3n) is 3.16. The molecule has 1 aromatic carbocycles. The topological polar surface area (TPSA) is 55.4 Å². The molecule has 0 aromatic heterocycles. The van der Waals surface area contributed by atoms with Crippen molar-refractivity contribution in [1.29, 1.82) is 0 Å². The van der Waals surface area contributed by atoms with Gasteiger partial charge < -0.3 is 10.1 Å². The van der Waals surface area contributed by atoms with Crippen LogP contribution < -0.4 is 5.32 Å². The number of rotatable bonds is 6. The van der Waals surface area contributed by atoms with Gasteiger partial charge in [0, 0.05) is 17.5 Å². The molecule has 0 aliphatic heterocycles. The highest BCUT2D eigenvalue weighted by molar-refractivity contribution is 6.31. The summed E-state index contributed by atoms with van der Waals surface area (Å²) in [6.45, 7) is 1.59. The van der Waals surface area contributed by atoms with Crippen LogP contribution in [-0.4, -0.2) is 24.0 Å². The van der Waals surface area contributed by atoms with Crippen LogP contribution in [0.15, 0.2) is 24.3 Å². The van der Waals surface area contributed by atoms with Crippen molar-refractivity contribution >= 4 is 23.5 Å². The minimum Gasteiger partial charge on any atom is -0.453 e. The van der Waals surface area contributed by atoms with Gasteiger partial charge in [0.25, 0.3) is 5.91 Å². The molecule has 0 radical (unpaired) electrons. The monoisotopic (exact) mass is 295 g/mol. The zero-order valence-corrected chi connectivity index (χ0v) is 12.2. The van der Waals surface area contributed by atoms with Crippen molar-refractivity contribution in [3.8, 4) is 0 Å². The standard InChI is InChI=1S/C15H18ClNO3/c1-10(15(19)17-12-7-8-12)20-14(18)9-6-11-4-2-3-5-13(11)16/h2-5,10,12H,6-9H2,1H3,(H,17,19)/t10-/m1/s1. The van der Waals surface area contributed by atoms with E-state index in [1.807, 2.05) is 18.2 Å². The van der Waals surface area contributed by atoms with Crippen molar-refractivity contribution in [1.82, 2.24) is 5.32 Å². The maximum absolute atomic E-state index is 11.7. The molecule has 1 aliphatic rings. The molecule has 0 bridgehead atoms. The van der Waals surface area contributed by atoms with E-state index in [0.29, 0.717) is 11.4 Å². The fourth-order valence-electron chi connectivity index (χ4n) is 1.79. The van der Waals surface area contributed by atoms with Crippen LogP contribution in [0.1, 0.15) is 31.7 Å². The molecule has 0 spiro atoms. The number of nitrogens with one attached hydrogen (secondary N) is 1. The lowest BCUT2D eigenvalue weighted by atomic mass is 10.1. The highest BCUT2D eigenvalue weighted by Gasteiger charge is 2.27. The van der Waals surface area contributed by atoms with Crippen LogP contribution in [0.2, 0.25) is 5.02 Å². The summed E-state index contributed by atoms with van der Waals surface area (Å²) >= 11 is 6.01. The zero-order chi connectivity index (χ0) is 14.5. The number of amides is 1. The van der Waals surface area contributed by atoms with Gasteiger partial charge in [-0.1, -0.05) is 29.8 Å². The van der Waals surface area contributed by atoms with Gasteiger partial charge in [0.05, 0.1) is 0 Å². The zero-order valence-electron chi connectivity index (χ0n) is 11.4. The van der Waals surface area contributed by atoms with Gasteiger partial charge in [-0.15, -0.1) is 0 Å². The second-order valence-electron chi connectivity index (χ2n) is 5.01. The molecule has 1 N–H and O–H groups in total. The lowest BCUT2D eigenvalue weighted by Gasteiger charge is -2.13. The summed E-state index contributed by atoms with van der Waals surface area (Å²) in [6.07, 6.45) is 2.01. The summed E-state index contributed by atoms with van der Waals surface area (Å²) in [7, 11) is 0. The Bertz CT molecular complexity index is 500. The van der Waals surface area contributed by atoms with Crippen molar-refractivity contribution in [3.05, 3.63) is 34.9 Å². The van der Waals surface area contributed by atoms with E-state index >= 15 is 0 Å². The van der Waals surface area contributed by atoms with Crippen LogP contribution in [0.3, 0.4) is 0 Å². The third kappa shape index (κ3) is 4.53. The molecule has 1 atom stereocenters. The van der Waals surface area contributed by atoms with Crippen LogP contribution in [0.5, 0.6) is 0 Å². The average Bonchev–Trinajstić information content (AvgIpc) is 3.21. The SMILES string of the molecule is C[C@@H](OC(=O)CCc1ccccc1Cl)C(=O)NC1CC1. The van der Waals surface area contributed by atoms with Crippen molar-refractivity contribution in [2.75, 3.05) is 0 Å². The molecule has 4 nitrogen and oxygen atoms in total. The Morgan fingerprint density at radius 3 is 2.75 bits per heavy atom. The van der Waals surface area contributed by atoms with E-state index in [1.54, 1.807) is 13.0 Å². The van der Waals surface area contributed by atoms with Crippen LogP contribution in [0.25, 0.3) is 0 Å². The van der Waals surface area contributed by atoms with Gasteiger partial charge in [-0.05, 0) is 37.8 Å². The number of aryl methyl sites for hydroxylation is 1. The summed E-state index contributed by atoms with van der Waals surface area (Å²) in [6, 6.07) is 7.64. The first-order valence-corrected chi connectivity index (χ1v) is 7.17. The number of carbonyl (C=O) groups is 2. The van der Waals surface area contributed by atoms with E-state index in [1.165, 1.54) is 0 Å². The molecular formula is C15H18ClNO3. The quantitative estimate of drug-likeness (QED) is 0.820. The maximum Gasteiger partial charge on any atom is 0.306 e. The van der Waals surface area contributed by atoms with Crippen LogP contribution >= 0.6 is 11.6 Å². The Morgan fingerprint density at radius 2 is 2.10 bits per heavy atom. The number of ether oxygens (including phenoxy) is 1. The largest absolute Gasteiger partial charge is 0.453 e. The summed E-state index contributed by atoms with van der Waals surface area (Å²) in [5, 5.41) is 3.44. The minimum atomic E-state index is -0.741. The summed E-state index contributed by atoms with van der Waals surface area (Å²) < 4.78 is 5.11. The molecule has 0 unspecified atom stereocenters. The van der Waals surface area contributed by atoms with E-state index < -0.39 is 6.10 Å². The normalized spacial score (nSPS) is 15.5. The number of carbonyl (C=O) groups excluding carboxylic acids is 2. The first-order chi connectivity index (χ1) is 9.56. The molecule has 108 valence electrons. The second kappa shape index (κ2) is 6.75. The van der Waals surface area contributed by atoms with Crippen LogP contribution in [0, 0.1) is 0 Å². The Hall–Kier alpha value is -1.55. The molecule has 1 amide bonds. The van der Waals surface area contributed by atoms with Crippen molar-refractivity contribution in [2.24, 2.45) is 0 Å². The molecule has 1 saturated carbocycles. The minimum absolute atomic E-state index is 0.213. The smallest absolute Gasteiger partial charge is 0.306 e. The molecule has 1 aromatic rings. The average molecular weight is 296 g/mol. The van der Waals surface area contributed by atoms with Gasteiger partial charge >= 0.3 is 5.97 Å². The Balaban J connectivity index is 1.74. The Labute approximate surface area is 123 Å². The van der Waals surface area contributed by atoms with Crippen molar-refractivity contribution in [2.45, 2.75) is 44.8 Å². The van der Waals surface area contributed by atoms with Gasteiger partial charge in [0.15, 0.2) is 6.10 Å². The van der Waals surface area contributed by atoms with E-state index in [4.69, 9.17) is 16.3 Å². The second-order valence-corrected chi connectivity index (χ2v) is 5.41. The molecule has 0 saturated heterocycles. The van der Waals surface area contributed by atoms with Crippen LogP contribution in [0.4, 0.5) is 0 Å². The van der Waals surface area contributed by atoms with E-state index in [9.17, 15) is 9.59 Å². The first-order valence-electron chi connectivity index (χ1n) is 6.79. The third-order valence-corrected chi connectivity index (χ3v) is 3.53. The van der Waals surface area contributed by atoms with Crippen LogP contribution in [-0.2, 0) is 20.7 Å². The number of hydrogen-bond acceptors (Lipinski definition) is 3. The van der Waals surface area contributed by atoms with Gasteiger partial charge in [-0.3, -0.25) is 9.59 Å². The van der Waals surface area contributed by atoms with E-state index in [0.717, 1.165) is 18.4 Å². The molecular weight excluding hydrogens is 278 g/mol. The summed E-state index contributed by atoms with van der Waals surface area (Å²) in [4.78, 5) is 23.3. The summed E-state index contributed by atoms with van der Waals surface area (Å²) in [5.41, 5.74) is 0.904. The lowest BCUT2D eigenvalue weighted by molar-refractivity contribution is -0.154. The molecule has 2 rings (SSSR count). The number of hydrogen-bond donors (Lipinski definition) is 1. The number of halogens is 1. The van der Waals surface area contributed by atoms with Crippen molar-refractivity contribution < 1.29 is 14.3 Å². The predicted octanol–water partition coefficient (Wildman–Crippen LogP) is 2.48. The Kier molecular flexibility index (Phi) is 5.01. The lowest BCUT2D eigenvalue weighted by Crippen LogP contribution is -2.37. The maximum atomic E-state index is 11.7. The molecule has 5 heteroatoms. The molecule has 20 heavy (non-hydrogen) atoms. The van der Waals surface area contributed by atoms with Gasteiger partial charge in [0.1, 0.15) is 0 Å². The van der Waals surface area contributed by atoms with E-state index in [2.05, 4.69) is 5.32 Å². The Morgan fingerprint density at radius 1 is 1.40 bits per heavy atom. The first kappa shape index (κ1) is 14.9. The number of esters is 1. The predicted molar refractivity (Wildman–Crippen MR) is 76.5 cm³/mol. The van der Waals surface area contributed by atoms with Gasteiger partial charge in [-0.2, -0.15) is 0 Å². The molecule has 0 heterocycles. The summed E-state index contributed by atoms with van der Waals surface area (Å²) in [5.74, 6) is -0.609. The molecule has 1 aliphatic carbocycles. The van der Waals surface area contributed by atoms with Crippen molar-refractivity contribution in [3.63, 3.8) is 0 Å². The molecule has 1 fully saturated rings. The fourth-order valence-corrected chi connectivity index (χ4v) is 2.02. The highest BCUT2D eigenvalue weighted by Crippen LogP contribution is 2.19. The number of benzene rings is 1. The fraction of sp³-hybridized carbons (Fsp3) is 0.467. The highest BCUT2D eigenvalue weighted by atomic mass is 35.5. The van der Waals surface area contributed by atoms with Gasteiger partial charge in [0.2, 0.25) is 0 Å². The van der Waals surface area contributed by atoms with Gasteiger partial charge in [-0.25, -0.2) is 0 Å². The van der Waals surface area contributed by atoms with E-state index in [-0.39, 0.29) is 24.3 Å².